The van der Waals surface area contributed by atoms with Crippen molar-refractivity contribution < 1.29 is 4.79 Å². The van der Waals surface area contributed by atoms with E-state index in [9.17, 15) is 4.79 Å². The van der Waals surface area contributed by atoms with Crippen molar-refractivity contribution in [3.63, 3.8) is 0 Å². The van der Waals surface area contributed by atoms with E-state index in [1.165, 1.54) is 0 Å². The van der Waals surface area contributed by atoms with Crippen molar-refractivity contribution in [2.24, 2.45) is 11.8 Å². The van der Waals surface area contributed by atoms with Crippen LogP contribution in [0.5, 0.6) is 0 Å². The summed E-state index contributed by atoms with van der Waals surface area (Å²) in [7, 11) is 4.08. The summed E-state index contributed by atoms with van der Waals surface area (Å²) in [6.45, 7) is 12.7. The molecule has 0 rings (SSSR count). The van der Waals surface area contributed by atoms with E-state index in [2.05, 4.69) is 31.0 Å². The van der Waals surface area contributed by atoms with Gasteiger partial charge in [0.05, 0.1) is 0 Å². The maximum Gasteiger partial charge on any atom is 0.226 e. The van der Waals surface area contributed by atoms with Gasteiger partial charge in [-0.25, -0.2) is 0 Å². The first kappa shape index (κ1) is 17.4. The zero-order chi connectivity index (χ0) is 14.1. The Morgan fingerprint density at radius 3 is 2.22 bits per heavy atom. The van der Waals surface area contributed by atoms with Crippen LogP contribution in [0.2, 0.25) is 0 Å². The second-order valence-corrected chi connectivity index (χ2v) is 5.69. The molecule has 1 atom stereocenters. The number of hydrogen-bond donors (Lipinski definition) is 1. The zero-order valence-corrected chi connectivity index (χ0v) is 13.0. The van der Waals surface area contributed by atoms with Crippen LogP contribution in [0.15, 0.2) is 0 Å². The molecular formula is C14H31N3O. The summed E-state index contributed by atoms with van der Waals surface area (Å²) < 4.78 is 0. The van der Waals surface area contributed by atoms with Crippen LogP contribution in [-0.2, 0) is 4.79 Å². The first-order valence-corrected chi connectivity index (χ1v) is 7.02. The number of carbonyl (C=O) groups excluding carboxylic acids is 1. The third-order valence-corrected chi connectivity index (χ3v) is 2.84. The van der Waals surface area contributed by atoms with E-state index in [0.29, 0.717) is 5.92 Å². The molecule has 4 nitrogen and oxygen atoms in total. The summed E-state index contributed by atoms with van der Waals surface area (Å²) in [5.41, 5.74) is 0. The lowest BCUT2D eigenvalue weighted by molar-refractivity contribution is -0.135. The predicted molar refractivity (Wildman–Crippen MR) is 77.7 cm³/mol. The van der Waals surface area contributed by atoms with Gasteiger partial charge >= 0.3 is 0 Å². The summed E-state index contributed by atoms with van der Waals surface area (Å²) in [5, 5.41) is 3.24. The molecule has 108 valence electrons. The molecule has 0 heterocycles. The van der Waals surface area contributed by atoms with Crippen molar-refractivity contribution in [3.05, 3.63) is 0 Å². The highest BCUT2D eigenvalue weighted by Gasteiger charge is 2.20. The Morgan fingerprint density at radius 1 is 1.17 bits per heavy atom. The average Bonchev–Trinajstić information content (AvgIpc) is 2.29. The van der Waals surface area contributed by atoms with E-state index in [-0.39, 0.29) is 11.8 Å². The number of hydrogen-bond acceptors (Lipinski definition) is 3. The monoisotopic (exact) mass is 257 g/mol. The van der Waals surface area contributed by atoms with Crippen LogP contribution in [0.25, 0.3) is 0 Å². The quantitative estimate of drug-likeness (QED) is 0.676. The molecule has 0 aliphatic rings. The number of amides is 1. The SMILES string of the molecule is CCNCC(C)C(=O)N(CCN(C)C)CC(C)C. The van der Waals surface area contributed by atoms with Crippen molar-refractivity contribution in [1.82, 2.24) is 15.1 Å². The normalized spacial score (nSPS) is 13.1. The van der Waals surface area contributed by atoms with Gasteiger partial charge in [0, 0.05) is 32.1 Å². The lowest BCUT2D eigenvalue weighted by Crippen LogP contribution is -2.43. The lowest BCUT2D eigenvalue weighted by atomic mass is 10.1. The molecule has 0 saturated carbocycles. The van der Waals surface area contributed by atoms with Gasteiger partial charge in [-0.2, -0.15) is 0 Å². The van der Waals surface area contributed by atoms with E-state index in [0.717, 1.165) is 32.7 Å². The topological polar surface area (TPSA) is 35.6 Å². The third-order valence-electron chi connectivity index (χ3n) is 2.84. The standard InChI is InChI=1S/C14H31N3O/c1-7-15-10-13(4)14(18)17(11-12(2)3)9-8-16(5)6/h12-13,15H,7-11H2,1-6H3. The van der Waals surface area contributed by atoms with Gasteiger partial charge in [0.15, 0.2) is 0 Å². The Morgan fingerprint density at radius 2 is 1.78 bits per heavy atom. The van der Waals surface area contributed by atoms with Crippen LogP contribution in [0, 0.1) is 11.8 Å². The van der Waals surface area contributed by atoms with Gasteiger partial charge in [-0.3, -0.25) is 4.79 Å². The summed E-state index contributed by atoms with van der Waals surface area (Å²) in [6, 6.07) is 0. The minimum absolute atomic E-state index is 0.0610. The molecule has 0 aliphatic carbocycles. The highest BCUT2D eigenvalue weighted by molar-refractivity contribution is 5.78. The van der Waals surface area contributed by atoms with Crippen LogP contribution in [0.3, 0.4) is 0 Å². The first-order valence-electron chi connectivity index (χ1n) is 7.02. The minimum atomic E-state index is 0.0610. The fourth-order valence-electron chi connectivity index (χ4n) is 1.81. The Labute approximate surface area is 113 Å². The van der Waals surface area contributed by atoms with Crippen LogP contribution in [0.1, 0.15) is 27.7 Å². The van der Waals surface area contributed by atoms with Gasteiger partial charge in [-0.1, -0.05) is 27.7 Å². The number of nitrogens with zero attached hydrogens (tertiary/aromatic N) is 2. The number of carbonyl (C=O) groups is 1. The molecular weight excluding hydrogens is 226 g/mol. The van der Waals surface area contributed by atoms with Gasteiger partial charge in [0.2, 0.25) is 5.91 Å². The van der Waals surface area contributed by atoms with Crippen LogP contribution in [-0.4, -0.2) is 62.5 Å². The minimum Gasteiger partial charge on any atom is -0.341 e. The van der Waals surface area contributed by atoms with Gasteiger partial charge in [0.25, 0.3) is 0 Å². The Kier molecular flexibility index (Phi) is 9.02. The molecule has 4 heteroatoms. The Hall–Kier alpha value is -0.610. The second kappa shape index (κ2) is 9.34. The van der Waals surface area contributed by atoms with Crippen molar-refractivity contribution in [1.29, 1.82) is 0 Å². The molecule has 0 bridgehead atoms. The number of rotatable bonds is 9. The van der Waals surface area contributed by atoms with Gasteiger partial charge in [-0.15, -0.1) is 0 Å². The summed E-state index contributed by atoms with van der Waals surface area (Å²) in [5.74, 6) is 0.847. The first-order chi connectivity index (χ1) is 8.38. The highest BCUT2D eigenvalue weighted by atomic mass is 16.2. The maximum atomic E-state index is 12.4. The average molecular weight is 257 g/mol. The number of nitrogens with one attached hydrogen (secondary N) is 1. The fraction of sp³-hybridized carbons (Fsp3) is 0.929. The Bertz CT molecular complexity index is 229. The van der Waals surface area contributed by atoms with Gasteiger partial charge in [-0.05, 0) is 26.6 Å². The van der Waals surface area contributed by atoms with Crippen molar-refractivity contribution >= 4 is 5.91 Å². The van der Waals surface area contributed by atoms with E-state index in [4.69, 9.17) is 0 Å². The molecule has 1 N–H and O–H groups in total. The summed E-state index contributed by atoms with van der Waals surface area (Å²) in [6.07, 6.45) is 0. The van der Waals surface area contributed by atoms with E-state index in [1.807, 2.05) is 25.9 Å². The van der Waals surface area contributed by atoms with E-state index >= 15 is 0 Å². The molecule has 18 heavy (non-hydrogen) atoms. The summed E-state index contributed by atoms with van der Waals surface area (Å²) in [4.78, 5) is 16.5. The van der Waals surface area contributed by atoms with Crippen molar-refractivity contribution in [2.75, 3.05) is 46.8 Å². The molecule has 1 amide bonds. The third kappa shape index (κ3) is 7.67. The Balaban J connectivity index is 4.37. The molecule has 0 saturated heterocycles. The predicted octanol–water partition coefficient (Wildman–Crippen LogP) is 1.28. The molecule has 0 aromatic heterocycles. The lowest BCUT2D eigenvalue weighted by Gasteiger charge is -2.28. The van der Waals surface area contributed by atoms with Crippen LogP contribution >= 0.6 is 0 Å². The fourth-order valence-corrected chi connectivity index (χ4v) is 1.81. The molecule has 0 aliphatic heterocycles. The van der Waals surface area contributed by atoms with E-state index in [1.54, 1.807) is 0 Å². The molecule has 0 aromatic rings. The smallest absolute Gasteiger partial charge is 0.226 e. The van der Waals surface area contributed by atoms with Crippen LogP contribution < -0.4 is 5.32 Å². The molecule has 0 aromatic carbocycles. The molecule has 1 unspecified atom stereocenters. The second-order valence-electron chi connectivity index (χ2n) is 5.69. The molecule has 0 fully saturated rings. The van der Waals surface area contributed by atoms with Gasteiger partial charge in [0.1, 0.15) is 0 Å². The summed E-state index contributed by atoms with van der Waals surface area (Å²) >= 11 is 0. The highest BCUT2D eigenvalue weighted by Crippen LogP contribution is 2.06. The van der Waals surface area contributed by atoms with Crippen LogP contribution in [0.4, 0.5) is 0 Å². The number of likely N-dealkylation sites (N-methyl/N-ethyl adjacent to an activating group) is 1. The molecule has 0 radical (unpaired) electrons. The molecule has 0 spiro atoms. The zero-order valence-electron chi connectivity index (χ0n) is 13.0. The van der Waals surface area contributed by atoms with Crippen molar-refractivity contribution in [2.45, 2.75) is 27.7 Å². The van der Waals surface area contributed by atoms with Crippen molar-refractivity contribution in [3.8, 4) is 0 Å². The largest absolute Gasteiger partial charge is 0.341 e. The van der Waals surface area contributed by atoms with Gasteiger partial charge < -0.3 is 15.1 Å². The van der Waals surface area contributed by atoms with E-state index < -0.39 is 0 Å². The maximum absolute atomic E-state index is 12.4.